The van der Waals surface area contributed by atoms with Crippen LogP contribution in [0.4, 0.5) is 0 Å². The first-order valence-corrected chi connectivity index (χ1v) is 6.62. The second-order valence-electron chi connectivity index (χ2n) is 4.34. The number of sulfonamides is 1. The highest BCUT2D eigenvalue weighted by Gasteiger charge is 2.44. The molecule has 1 N–H and O–H groups in total. The zero-order chi connectivity index (χ0) is 10.5. The zero-order valence-corrected chi connectivity index (χ0v) is 9.07. The number of nitrogens with zero attached hydrogens (tertiary/aromatic N) is 2. The van der Waals surface area contributed by atoms with Gasteiger partial charge in [0, 0.05) is 18.8 Å². The summed E-state index contributed by atoms with van der Waals surface area (Å²) in [6.07, 6.45) is 6.06. The Hall–Kier alpha value is -0.880. The molecular weight excluding hydrogens is 214 g/mol. The second-order valence-corrected chi connectivity index (χ2v) is 6.23. The standard InChI is InChI=1S/C9H13N3O2S/c13-15(14,9-4-10-11-5-9)12-6-7-1-2-8(12)3-7/h4-5,7-8H,1-3,6H2,(H,10,11). The quantitative estimate of drug-likeness (QED) is 0.803. The second kappa shape index (κ2) is 3.05. The number of rotatable bonds is 2. The Balaban J connectivity index is 1.95. The number of aromatic amines is 1. The lowest BCUT2D eigenvalue weighted by molar-refractivity contribution is 0.333. The summed E-state index contributed by atoms with van der Waals surface area (Å²) in [5.41, 5.74) is 0. The predicted octanol–water partition coefficient (Wildman–Crippen LogP) is 0.583. The van der Waals surface area contributed by atoms with Gasteiger partial charge in [-0.25, -0.2) is 8.42 Å². The molecule has 1 saturated carbocycles. The van der Waals surface area contributed by atoms with Crippen LogP contribution in [-0.4, -0.2) is 35.5 Å². The van der Waals surface area contributed by atoms with E-state index >= 15 is 0 Å². The zero-order valence-electron chi connectivity index (χ0n) is 8.26. The lowest BCUT2D eigenvalue weighted by Gasteiger charge is -2.25. The summed E-state index contributed by atoms with van der Waals surface area (Å²) in [6, 6.07) is 0.231. The molecule has 3 rings (SSSR count). The fraction of sp³-hybridized carbons (Fsp3) is 0.667. The van der Waals surface area contributed by atoms with Crippen molar-refractivity contribution >= 4 is 10.0 Å². The van der Waals surface area contributed by atoms with Crippen LogP contribution in [-0.2, 0) is 10.0 Å². The Morgan fingerprint density at radius 2 is 2.33 bits per heavy atom. The van der Waals surface area contributed by atoms with Gasteiger partial charge in [-0.15, -0.1) is 0 Å². The molecule has 1 aromatic heterocycles. The average molecular weight is 227 g/mol. The van der Waals surface area contributed by atoms with Crippen LogP contribution < -0.4 is 0 Å². The molecule has 2 fully saturated rings. The van der Waals surface area contributed by atoms with Crippen molar-refractivity contribution in [1.29, 1.82) is 0 Å². The van der Waals surface area contributed by atoms with Gasteiger partial charge in [0.1, 0.15) is 4.90 Å². The Bertz CT molecular complexity index is 454. The van der Waals surface area contributed by atoms with Crippen LogP contribution in [0.25, 0.3) is 0 Å². The first kappa shape index (κ1) is 9.35. The Morgan fingerprint density at radius 3 is 2.87 bits per heavy atom. The van der Waals surface area contributed by atoms with Gasteiger partial charge in [0.2, 0.25) is 10.0 Å². The number of nitrogens with one attached hydrogen (secondary N) is 1. The molecular formula is C9H13N3O2S. The van der Waals surface area contributed by atoms with E-state index in [1.807, 2.05) is 0 Å². The van der Waals surface area contributed by atoms with Gasteiger partial charge in [0.25, 0.3) is 0 Å². The van der Waals surface area contributed by atoms with E-state index in [2.05, 4.69) is 10.2 Å². The minimum Gasteiger partial charge on any atom is -0.284 e. The van der Waals surface area contributed by atoms with E-state index < -0.39 is 10.0 Å². The molecule has 0 amide bonds. The van der Waals surface area contributed by atoms with E-state index in [0.29, 0.717) is 12.5 Å². The molecule has 15 heavy (non-hydrogen) atoms. The molecule has 2 bridgehead atoms. The van der Waals surface area contributed by atoms with Gasteiger partial charge in [0.05, 0.1) is 6.20 Å². The van der Waals surface area contributed by atoms with Crippen LogP contribution in [0, 0.1) is 5.92 Å². The summed E-state index contributed by atoms with van der Waals surface area (Å²) in [7, 11) is -3.29. The predicted molar refractivity (Wildman–Crippen MR) is 53.6 cm³/mol. The van der Waals surface area contributed by atoms with Crippen molar-refractivity contribution in [3.05, 3.63) is 12.4 Å². The Morgan fingerprint density at radius 1 is 1.47 bits per heavy atom. The summed E-state index contributed by atoms with van der Waals surface area (Å²) in [4.78, 5) is 0.287. The lowest BCUT2D eigenvalue weighted by Crippen LogP contribution is -2.37. The van der Waals surface area contributed by atoms with Crippen molar-refractivity contribution in [3.63, 3.8) is 0 Å². The van der Waals surface area contributed by atoms with E-state index in [1.54, 1.807) is 4.31 Å². The number of aromatic nitrogens is 2. The third-order valence-corrected chi connectivity index (χ3v) is 5.32. The van der Waals surface area contributed by atoms with Gasteiger partial charge >= 0.3 is 0 Å². The number of hydrogen-bond donors (Lipinski definition) is 1. The van der Waals surface area contributed by atoms with Crippen LogP contribution in [0.15, 0.2) is 17.3 Å². The molecule has 1 aliphatic heterocycles. The number of hydrogen-bond acceptors (Lipinski definition) is 3. The molecule has 1 saturated heterocycles. The summed E-state index contributed by atoms with van der Waals surface area (Å²) in [5, 5.41) is 6.24. The van der Waals surface area contributed by atoms with Crippen LogP contribution in [0.1, 0.15) is 19.3 Å². The first-order valence-electron chi connectivity index (χ1n) is 5.18. The van der Waals surface area contributed by atoms with E-state index in [0.717, 1.165) is 12.8 Å². The minimum atomic E-state index is -3.29. The Kier molecular flexibility index (Phi) is 1.90. The third kappa shape index (κ3) is 1.32. The first-order chi connectivity index (χ1) is 7.18. The maximum atomic E-state index is 12.2. The molecule has 0 aromatic carbocycles. The third-order valence-electron chi connectivity index (χ3n) is 3.44. The number of fused-ring (bicyclic) bond motifs is 2. The average Bonchev–Trinajstić information content (AvgIpc) is 2.94. The van der Waals surface area contributed by atoms with Crippen molar-refractivity contribution in [2.75, 3.05) is 6.54 Å². The Labute approximate surface area is 88.5 Å². The molecule has 1 aliphatic carbocycles. The summed E-state index contributed by atoms with van der Waals surface area (Å²) in [6.45, 7) is 0.693. The molecule has 2 unspecified atom stereocenters. The molecule has 5 nitrogen and oxygen atoms in total. The molecule has 2 heterocycles. The largest absolute Gasteiger partial charge is 0.284 e. The number of piperidine rings is 1. The van der Waals surface area contributed by atoms with Crippen LogP contribution in [0.5, 0.6) is 0 Å². The maximum absolute atomic E-state index is 12.2. The summed E-state index contributed by atoms with van der Waals surface area (Å²) in [5.74, 6) is 0.580. The van der Waals surface area contributed by atoms with E-state index in [9.17, 15) is 8.42 Å². The van der Waals surface area contributed by atoms with E-state index in [-0.39, 0.29) is 10.9 Å². The molecule has 1 aromatic rings. The number of H-pyrrole nitrogens is 1. The molecule has 2 aliphatic rings. The van der Waals surface area contributed by atoms with Gasteiger partial charge in [0.15, 0.2) is 0 Å². The van der Waals surface area contributed by atoms with E-state index in [1.165, 1.54) is 18.8 Å². The van der Waals surface area contributed by atoms with Crippen LogP contribution in [0.2, 0.25) is 0 Å². The molecule has 82 valence electrons. The van der Waals surface area contributed by atoms with Crippen molar-refractivity contribution in [2.24, 2.45) is 5.92 Å². The van der Waals surface area contributed by atoms with Crippen LogP contribution in [0.3, 0.4) is 0 Å². The van der Waals surface area contributed by atoms with E-state index in [4.69, 9.17) is 0 Å². The molecule has 0 spiro atoms. The van der Waals surface area contributed by atoms with Crippen molar-refractivity contribution in [3.8, 4) is 0 Å². The normalized spacial score (nSPS) is 31.2. The topological polar surface area (TPSA) is 66.1 Å². The highest BCUT2D eigenvalue weighted by molar-refractivity contribution is 7.89. The van der Waals surface area contributed by atoms with Crippen molar-refractivity contribution in [2.45, 2.75) is 30.2 Å². The SMILES string of the molecule is O=S(=O)(c1cn[nH]c1)N1CC2CCC1C2. The highest BCUT2D eigenvalue weighted by Crippen LogP contribution is 2.40. The fourth-order valence-electron chi connectivity index (χ4n) is 2.69. The minimum absolute atomic E-state index is 0.231. The van der Waals surface area contributed by atoms with Crippen molar-refractivity contribution < 1.29 is 8.42 Å². The fourth-order valence-corrected chi connectivity index (χ4v) is 4.34. The summed E-state index contributed by atoms with van der Waals surface area (Å²) >= 11 is 0. The monoisotopic (exact) mass is 227 g/mol. The smallest absolute Gasteiger partial charge is 0.246 e. The summed E-state index contributed by atoms with van der Waals surface area (Å²) < 4.78 is 25.9. The van der Waals surface area contributed by atoms with Gasteiger partial charge in [-0.1, -0.05) is 0 Å². The van der Waals surface area contributed by atoms with Gasteiger partial charge in [-0.05, 0) is 25.2 Å². The molecule has 6 heteroatoms. The van der Waals surface area contributed by atoms with Crippen LogP contribution >= 0.6 is 0 Å². The molecule has 2 atom stereocenters. The maximum Gasteiger partial charge on any atom is 0.246 e. The van der Waals surface area contributed by atoms with Gasteiger partial charge < -0.3 is 0 Å². The van der Waals surface area contributed by atoms with Gasteiger partial charge in [-0.3, -0.25) is 5.10 Å². The highest BCUT2D eigenvalue weighted by atomic mass is 32.2. The lowest BCUT2D eigenvalue weighted by atomic mass is 10.1. The van der Waals surface area contributed by atoms with Crippen molar-refractivity contribution in [1.82, 2.24) is 14.5 Å². The van der Waals surface area contributed by atoms with Gasteiger partial charge in [-0.2, -0.15) is 9.40 Å². The molecule has 0 radical (unpaired) electrons.